The van der Waals surface area contributed by atoms with Crippen LogP contribution in [0, 0.1) is 0 Å². The molecule has 3 rings (SSSR count). The van der Waals surface area contributed by atoms with Crippen LogP contribution in [0.2, 0.25) is 0 Å². The third-order valence-corrected chi connectivity index (χ3v) is 3.65. The molecule has 0 unspecified atom stereocenters. The molecule has 6 nitrogen and oxygen atoms in total. The van der Waals surface area contributed by atoms with Crippen LogP contribution in [0.25, 0.3) is 11.0 Å². The molecule has 1 amide bonds. The second kappa shape index (κ2) is 6.78. The summed E-state index contributed by atoms with van der Waals surface area (Å²) in [4.78, 5) is 20.6. The minimum atomic E-state index is -4.66. The molecular weight excluding hydrogens is 327 g/mol. The van der Waals surface area contributed by atoms with Gasteiger partial charge in [-0.05, 0) is 25.0 Å². The first-order valence-electron chi connectivity index (χ1n) is 7.54. The van der Waals surface area contributed by atoms with Gasteiger partial charge in [0.2, 0.25) is 5.82 Å². The van der Waals surface area contributed by atoms with Gasteiger partial charge in [0, 0.05) is 13.0 Å². The summed E-state index contributed by atoms with van der Waals surface area (Å²) < 4.78 is 45.5. The van der Waals surface area contributed by atoms with Crippen molar-refractivity contribution in [3.05, 3.63) is 30.1 Å². The third-order valence-electron chi connectivity index (χ3n) is 3.65. The number of halogens is 3. The van der Waals surface area contributed by atoms with Gasteiger partial charge in [-0.1, -0.05) is 12.1 Å². The maximum Gasteiger partial charge on any atom is 0.449 e. The molecule has 1 aliphatic heterocycles. The van der Waals surface area contributed by atoms with Gasteiger partial charge < -0.3 is 9.30 Å². The minimum absolute atomic E-state index is 0.175. The number of ether oxygens (including phenoxy) is 1. The Morgan fingerprint density at radius 3 is 2.88 bits per heavy atom. The quantitative estimate of drug-likeness (QED) is 0.867. The summed E-state index contributed by atoms with van der Waals surface area (Å²) in [6.45, 7) is -0.0208. The zero-order valence-electron chi connectivity index (χ0n) is 12.7. The van der Waals surface area contributed by atoms with Crippen LogP contribution in [-0.2, 0) is 27.1 Å². The van der Waals surface area contributed by atoms with Gasteiger partial charge >= 0.3 is 6.18 Å². The second-order valence-electron chi connectivity index (χ2n) is 5.45. The highest BCUT2D eigenvalue weighted by atomic mass is 19.4. The van der Waals surface area contributed by atoms with Crippen LogP contribution < -0.4 is 5.48 Å². The van der Waals surface area contributed by atoms with E-state index in [1.807, 2.05) is 0 Å². The Labute approximate surface area is 135 Å². The lowest BCUT2D eigenvalue weighted by molar-refractivity contribution is -0.200. The van der Waals surface area contributed by atoms with Crippen LogP contribution >= 0.6 is 0 Å². The van der Waals surface area contributed by atoms with E-state index in [0.29, 0.717) is 13.0 Å². The molecular formula is C15H16F3N3O3. The van der Waals surface area contributed by atoms with E-state index in [0.717, 1.165) is 17.4 Å². The molecule has 9 heteroatoms. The number of hydrogen-bond acceptors (Lipinski definition) is 4. The number of amides is 1. The molecule has 130 valence electrons. The van der Waals surface area contributed by atoms with Crippen LogP contribution in [0.3, 0.4) is 0 Å². The van der Waals surface area contributed by atoms with Gasteiger partial charge in [-0.2, -0.15) is 13.2 Å². The van der Waals surface area contributed by atoms with Gasteiger partial charge in [-0.3, -0.25) is 4.79 Å². The number of nitrogens with zero attached hydrogens (tertiary/aromatic N) is 2. The highest BCUT2D eigenvalue weighted by Gasteiger charge is 2.38. The summed E-state index contributed by atoms with van der Waals surface area (Å²) in [5.41, 5.74) is 2.56. The number of hydrogen-bond donors (Lipinski definition) is 1. The Morgan fingerprint density at radius 1 is 1.38 bits per heavy atom. The highest BCUT2D eigenvalue weighted by molar-refractivity contribution is 5.80. The summed E-state index contributed by atoms with van der Waals surface area (Å²) in [6.07, 6.45) is -2.77. The standard InChI is InChI=1S/C15H16F3N3O3/c16-15(17,18)14-19-10-5-1-2-6-11(10)21(14)9-12(22)20-24-13-7-3-4-8-23-13/h1-2,5-6,13H,3-4,7-9H2,(H,20,22)/t13-/m0/s1. The van der Waals surface area contributed by atoms with Crippen LogP contribution in [0.1, 0.15) is 25.1 Å². The number of alkyl halides is 3. The molecule has 1 atom stereocenters. The molecule has 1 N–H and O–H groups in total. The van der Waals surface area contributed by atoms with Gasteiger partial charge in [-0.25, -0.2) is 15.3 Å². The zero-order chi connectivity index (χ0) is 17.2. The first-order chi connectivity index (χ1) is 11.4. The van der Waals surface area contributed by atoms with Crippen molar-refractivity contribution < 1.29 is 27.5 Å². The normalized spacial score (nSPS) is 18.7. The van der Waals surface area contributed by atoms with Gasteiger partial charge in [0.15, 0.2) is 6.29 Å². The van der Waals surface area contributed by atoms with E-state index in [9.17, 15) is 18.0 Å². The average molecular weight is 343 g/mol. The number of carbonyl (C=O) groups excluding carboxylic acids is 1. The summed E-state index contributed by atoms with van der Waals surface area (Å²) in [5.74, 6) is -1.83. The molecule has 0 bridgehead atoms. The number of carbonyl (C=O) groups is 1. The highest BCUT2D eigenvalue weighted by Crippen LogP contribution is 2.31. The van der Waals surface area contributed by atoms with Crippen molar-refractivity contribution in [3.63, 3.8) is 0 Å². The van der Waals surface area contributed by atoms with Crippen molar-refractivity contribution in [1.29, 1.82) is 0 Å². The fourth-order valence-corrected chi connectivity index (χ4v) is 2.56. The molecule has 1 aromatic heterocycles. The molecule has 24 heavy (non-hydrogen) atoms. The number of aromatic nitrogens is 2. The first kappa shape index (κ1) is 16.7. The Kier molecular flexibility index (Phi) is 4.72. The first-order valence-corrected chi connectivity index (χ1v) is 7.54. The van der Waals surface area contributed by atoms with Gasteiger partial charge in [0.05, 0.1) is 11.0 Å². The van der Waals surface area contributed by atoms with E-state index in [1.54, 1.807) is 12.1 Å². The molecule has 1 saturated heterocycles. The lowest BCUT2D eigenvalue weighted by Gasteiger charge is -2.22. The number of nitrogens with one attached hydrogen (secondary N) is 1. The van der Waals surface area contributed by atoms with Gasteiger partial charge in [-0.15, -0.1) is 0 Å². The van der Waals surface area contributed by atoms with E-state index in [1.165, 1.54) is 12.1 Å². The fourth-order valence-electron chi connectivity index (χ4n) is 2.56. The lowest BCUT2D eigenvalue weighted by Crippen LogP contribution is -2.35. The summed E-state index contributed by atoms with van der Waals surface area (Å²) in [7, 11) is 0. The number of imidazole rings is 1. The molecule has 0 saturated carbocycles. The van der Waals surface area contributed by atoms with Crippen molar-refractivity contribution >= 4 is 16.9 Å². The number of fused-ring (bicyclic) bond motifs is 1. The Hall–Kier alpha value is -2.13. The summed E-state index contributed by atoms with van der Waals surface area (Å²) in [6, 6.07) is 6.12. The topological polar surface area (TPSA) is 65.4 Å². The molecule has 2 aromatic rings. The van der Waals surface area contributed by atoms with Crippen molar-refractivity contribution in [3.8, 4) is 0 Å². The van der Waals surface area contributed by atoms with E-state index in [2.05, 4.69) is 10.5 Å². The number of hydroxylamine groups is 1. The van der Waals surface area contributed by atoms with Crippen molar-refractivity contribution in [2.75, 3.05) is 6.61 Å². The van der Waals surface area contributed by atoms with E-state index >= 15 is 0 Å². The molecule has 0 radical (unpaired) electrons. The molecule has 2 heterocycles. The summed E-state index contributed by atoms with van der Waals surface area (Å²) >= 11 is 0. The Balaban J connectivity index is 1.74. The second-order valence-corrected chi connectivity index (χ2v) is 5.45. The number of para-hydroxylation sites is 2. The third kappa shape index (κ3) is 3.68. The molecule has 0 spiro atoms. The zero-order valence-corrected chi connectivity index (χ0v) is 12.7. The Morgan fingerprint density at radius 2 is 2.17 bits per heavy atom. The van der Waals surface area contributed by atoms with Gasteiger partial charge in [0.1, 0.15) is 6.54 Å². The monoisotopic (exact) mass is 343 g/mol. The van der Waals surface area contributed by atoms with E-state index < -0.39 is 30.7 Å². The Bertz CT molecular complexity index is 724. The number of rotatable bonds is 4. The number of benzene rings is 1. The summed E-state index contributed by atoms with van der Waals surface area (Å²) in [5, 5.41) is 0. The SMILES string of the molecule is O=C(Cn1c(C(F)(F)F)nc2ccccc21)NO[C@H]1CCCCO1. The largest absolute Gasteiger partial charge is 0.449 e. The fraction of sp³-hybridized carbons (Fsp3) is 0.467. The van der Waals surface area contributed by atoms with Crippen LogP contribution in [-0.4, -0.2) is 28.4 Å². The van der Waals surface area contributed by atoms with Crippen LogP contribution in [0.15, 0.2) is 24.3 Å². The molecule has 1 aliphatic rings. The molecule has 0 aliphatic carbocycles. The van der Waals surface area contributed by atoms with Crippen LogP contribution in [0.4, 0.5) is 13.2 Å². The van der Waals surface area contributed by atoms with E-state index in [4.69, 9.17) is 9.57 Å². The van der Waals surface area contributed by atoms with Crippen molar-refractivity contribution in [2.45, 2.75) is 38.3 Å². The predicted octanol–water partition coefficient (Wildman–Crippen LogP) is 2.63. The van der Waals surface area contributed by atoms with Crippen LogP contribution in [0.5, 0.6) is 0 Å². The minimum Gasteiger partial charge on any atom is -0.350 e. The molecule has 1 fully saturated rings. The molecule has 1 aromatic carbocycles. The van der Waals surface area contributed by atoms with E-state index in [-0.39, 0.29) is 11.0 Å². The maximum absolute atomic E-state index is 13.1. The maximum atomic E-state index is 13.1. The predicted molar refractivity (Wildman–Crippen MR) is 77.6 cm³/mol. The smallest absolute Gasteiger partial charge is 0.350 e. The van der Waals surface area contributed by atoms with Gasteiger partial charge in [0.25, 0.3) is 5.91 Å². The van der Waals surface area contributed by atoms with Crippen molar-refractivity contribution in [1.82, 2.24) is 15.0 Å². The lowest BCUT2D eigenvalue weighted by atomic mass is 10.2. The van der Waals surface area contributed by atoms with Crippen molar-refractivity contribution in [2.24, 2.45) is 0 Å². The average Bonchev–Trinajstić information content (AvgIpc) is 2.93.